The highest BCUT2D eigenvalue weighted by Crippen LogP contribution is 2.29. The molecule has 0 N–H and O–H groups in total. The number of pyridine rings is 1. The maximum absolute atomic E-state index is 5.94. The van der Waals surface area contributed by atoms with Gasteiger partial charge in [-0.05, 0) is 12.1 Å². The zero-order chi connectivity index (χ0) is 11.3. The first-order valence-electron chi connectivity index (χ1n) is 4.71. The van der Waals surface area contributed by atoms with Gasteiger partial charge in [0.15, 0.2) is 5.65 Å². The molecular formula is C11H6BClN2S. The second kappa shape index (κ2) is 3.44. The molecule has 0 aliphatic carbocycles. The van der Waals surface area contributed by atoms with Crippen LogP contribution < -0.4 is 5.46 Å². The monoisotopic (exact) mass is 244 g/mol. The Hall–Kier alpha value is -1.13. The predicted octanol–water partition coefficient (Wildman–Crippen LogP) is 2.33. The fourth-order valence-electron chi connectivity index (χ4n) is 1.87. The van der Waals surface area contributed by atoms with Gasteiger partial charge in [-0.25, -0.2) is 4.98 Å². The minimum Gasteiger partial charge on any atom is -0.270 e. The van der Waals surface area contributed by atoms with Crippen LogP contribution in [0.25, 0.3) is 21.9 Å². The zero-order valence-corrected chi connectivity index (χ0v) is 9.83. The normalized spacial score (nSPS) is 11.4. The van der Waals surface area contributed by atoms with E-state index >= 15 is 0 Å². The van der Waals surface area contributed by atoms with Gasteiger partial charge >= 0.3 is 0 Å². The number of fused-ring (bicyclic) bond motifs is 3. The Morgan fingerprint density at radius 3 is 2.88 bits per heavy atom. The summed E-state index contributed by atoms with van der Waals surface area (Å²) < 4.78 is 1.74. The van der Waals surface area contributed by atoms with Gasteiger partial charge in [-0.1, -0.05) is 42.0 Å². The van der Waals surface area contributed by atoms with Crippen LogP contribution in [0.2, 0.25) is 5.02 Å². The first kappa shape index (κ1) is 10.1. The second-order valence-corrected chi connectivity index (χ2v) is 4.45. The predicted molar refractivity (Wildman–Crippen MR) is 72.0 cm³/mol. The Morgan fingerprint density at radius 2 is 2.06 bits per heavy atom. The minimum absolute atomic E-state index is 0.607. The Kier molecular flexibility index (Phi) is 2.16. The number of halogens is 1. The van der Waals surface area contributed by atoms with Crippen LogP contribution in [0.3, 0.4) is 0 Å². The minimum atomic E-state index is 0.607. The number of hydrogen-bond acceptors (Lipinski definition) is 2. The summed E-state index contributed by atoms with van der Waals surface area (Å²) in [5.74, 6) is 0. The van der Waals surface area contributed by atoms with Gasteiger partial charge in [0.2, 0.25) is 0 Å². The number of benzene rings is 1. The van der Waals surface area contributed by atoms with Gasteiger partial charge in [0, 0.05) is 17.0 Å². The molecule has 0 aliphatic heterocycles. The SMILES string of the molecule is [B]c1ccc2c(c1)c1cc(Cl)cnc1n2S. The molecule has 0 saturated heterocycles. The van der Waals surface area contributed by atoms with Crippen LogP contribution in [0.4, 0.5) is 0 Å². The number of rotatable bonds is 0. The van der Waals surface area contributed by atoms with E-state index in [-0.39, 0.29) is 0 Å². The van der Waals surface area contributed by atoms with Gasteiger partial charge in [-0.2, -0.15) is 0 Å². The second-order valence-electron chi connectivity index (χ2n) is 3.61. The van der Waals surface area contributed by atoms with E-state index in [1.165, 1.54) is 0 Å². The molecule has 0 aliphatic rings. The molecule has 76 valence electrons. The summed E-state index contributed by atoms with van der Waals surface area (Å²) in [7, 11) is 5.77. The van der Waals surface area contributed by atoms with Crippen LogP contribution in [0, 0.1) is 0 Å². The molecule has 2 aromatic heterocycles. The third-order valence-electron chi connectivity index (χ3n) is 2.57. The topological polar surface area (TPSA) is 17.8 Å². The van der Waals surface area contributed by atoms with Crippen molar-refractivity contribution in [3.05, 3.63) is 35.5 Å². The van der Waals surface area contributed by atoms with Gasteiger partial charge < -0.3 is 0 Å². The van der Waals surface area contributed by atoms with E-state index in [2.05, 4.69) is 17.8 Å². The molecule has 0 saturated carbocycles. The third-order valence-corrected chi connectivity index (χ3v) is 3.18. The number of aromatic nitrogens is 2. The standard InChI is InChI=1S/C11H6BClN2S/c12-6-1-2-10-8(3-6)9-4-7(13)5-14-11(9)15(10)16/h1-5,16H. The van der Waals surface area contributed by atoms with E-state index in [0.717, 1.165) is 21.9 Å². The Labute approximate surface area is 104 Å². The smallest absolute Gasteiger partial charge is 0.151 e. The summed E-state index contributed by atoms with van der Waals surface area (Å²) in [6.45, 7) is 0. The summed E-state index contributed by atoms with van der Waals surface area (Å²) in [6, 6.07) is 7.55. The van der Waals surface area contributed by atoms with Gasteiger partial charge in [-0.3, -0.25) is 3.97 Å². The van der Waals surface area contributed by atoms with E-state index in [0.29, 0.717) is 10.5 Å². The maximum atomic E-state index is 5.94. The summed E-state index contributed by atoms with van der Waals surface area (Å²) in [5, 5.41) is 2.58. The average Bonchev–Trinajstić information content (AvgIpc) is 2.52. The largest absolute Gasteiger partial charge is 0.270 e. The van der Waals surface area contributed by atoms with Crippen LogP contribution in [-0.4, -0.2) is 16.8 Å². The zero-order valence-electron chi connectivity index (χ0n) is 8.18. The first-order chi connectivity index (χ1) is 7.66. The number of thiol groups is 1. The molecule has 3 rings (SSSR count). The lowest BCUT2D eigenvalue weighted by Crippen LogP contribution is -1.99. The summed E-state index contributed by atoms with van der Waals surface area (Å²) in [4.78, 5) is 4.26. The Balaban J connectivity index is 2.60. The van der Waals surface area contributed by atoms with Crippen LogP contribution in [-0.2, 0) is 0 Å². The molecule has 5 heteroatoms. The lowest BCUT2D eigenvalue weighted by atomic mass is 9.95. The van der Waals surface area contributed by atoms with Gasteiger partial charge in [0.05, 0.1) is 10.5 Å². The molecule has 0 fully saturated rings. The molecule has 16 heavy (non-hydrogen) atoms. The van der Waals surface area contributed by atoms with Crippen LogP contribution >= 0.6 is 24.4 Å². The molecule has 0 atom stereocenters. The molecule has 2 radical (unpaired) electrons. The maximum Gasteiger partial charge on any atom is 0.151 e. The Morgan fingerprint density at radius 1 is 1.25 bits per heavy atom. The van der Waals surface area contributed by atoms with Gasteiger partial charge in [0.25, 0.3) is 0 Å². The highest BCUT2D eigenvalue weighted by molar-refractivity contribution is 7.79. The molecule has 0 bridgehead atoms. The third kappa shape index (κ3) is 1.34. The lowest BCUT2D eigenvalue weighted by molar-refractivity contribution is 1.30. The fraction of sp³-hybridized carbons (Fsp3) is 0. The lowest BCUT2D eigenvalue weighted by Gasteiger charge is -1.95. The molecule has 2 heterocycles. The van der Waals surface area contributed by atoms with E-state index in [4.69, 9.17) is 19.4 Å². The van der Waals surface area contributed by atoms with Crippen LogP contribution in [0.5, 0.6) is 0 Å². The highest BCUT2D eigenvalue weighted by atomic mass is 35.5. The van der Waals surface area contributed by atoms with Crippen LogP contribution in [0.1, 0.15) is 0 Å². The summed E-state index contributed by atoms with van der Waals surface area (Å²) in [6.07, 6.45) is 1.61. The fourth-order valence-corrected chi connectivity index (χ4v) is 2.36. The van der Waals surface area contributed by atoms with Gasteiger partial charge in [0.1, 0.15) is 7.85 Å². The molecule has 0 unspecified atom stereocenters. The van der Waals surface area contributed by atoms with E-state index in [1.807, 2.05) is 24.3 Å². The quantitative estimate of drug-likeness (QED) is 0.475. The molecule has 1 aromatic carbocycles. The summed E-state index contributed by atoms with van der Waals surface area (Å²) in [5.41, 5.74) is 2.48. The van der Waals surface area contributed by atoms with E-state index < -0.39 is 0 Å². The van der Waals surface area contributed by atoms with Crippen molar-refractivity contribution in [3.8, 4) is 0 Å². The molecular weight excluding hydrogens is 238 g/mol. The molecule has 2 nitrogen and oxygen atoms in total. The van der Waals surface area contributed by atoms with Gasteiger partial charge in [-0.15, -0.1) is 0 Å². The molecule has 0 amide bonds. The Bertz CT molecular complexity index is 649. The number of nitrogens with zero attached hydrogens (tertiary/aromatic N) is 2. The highest BCUT2D eigenvalue weighted by Gasteiger charge is 2.09. The molecule has 0 spiro atoms. The average molecular weight is 245 g/mol. The van der Waals surface area contributed by atoms with Crippen molar-refractivity contribution in [1.29, 1.82) is 0 Å². The molecule has 3 aromatic rings. The van der Waals surface area contributed by atoms with Crippen molar-refractivity contribution in [3.63, 3.8) is 0 Å². The first-order valence-corrected chi connectivity index (χ1v) is 5.49. The van der Waals surface area contributed by atoms with Crippen molar-refractivity contribution in [1.82, 2.24) is 8.96 Å². The van der Waals surface area contributed by atoms with E-state index in [9.17, 15) is 0 Å². The van der Waals surface area contributed by atoms with Crippen molar-refractivity contribution in [2.45, 2.75) is 0 Å². The number of hydrogen-bond donors (Lipinski definition) is 1. The van der Waals surface area contributed by atoms with E-state index in [1.54, 1.807) is 10.2 Å². The van der Waals surface area contributed by atoms with Crippen molar-refractivity contribution in [2.24, 2.45) is 0 Å². The van der Waals surface area contributed by atoms with Crippen LogP contribution in [0.15, 0.2) is 30.5 Å². The summed E-state index contributed by atoms with van der Waals surface area (Å²) >= 11 is 10.3. The van der Waals surface area contributed by atoms with Crippen molar-refractivity contribution < 1.29 is 0 Å². The van der Waals surface area contributed by atoms with Crippen molar-refractivity contribution in [2.75, 3.05) is 0 Å². The van der Waals surface area contributed by atoms with Crippen molar-refractivity contribution >= 4 is 59.7 Å².